The van der Waals surface area contributed by atoms with Crippen molar-refractivity contribution >= 4 is 5.82 Å². The van der Waals surface area contributed by atoms with E-state index in [2.05, 4.69) is 35.7 Å². The number of aromatic nitrogens is 2. The van der Waals surface area contributed by atoms with Crippen LogP contribution in [0.3, 0.4) is 0 Å². The number of anilines is 1. The van der Waals surface area contributed by atoms with Crippen molar-refractivity contribution in [1.29, 1.82) is 0 Å². The molecule has 1 atom stereocenters. The standard InChI is InChI=1S/C16H28N4O/c1-13(2)16-17-8-7-15(18-16)20-9-5-6-14(20)12-19(3)10-11-21-4/h7-8,13-14H,5-6,9-12H2,1-4H3. The second kappa shape index (κ2) is 7.71. The Hall–Kier alpha value is -1.20. The first-order valence-electron chi connectivity index (χ1n) is 7.89. The molecule has 118 valence electrons. The maximum Gasteiger partial charge on any atom is 0.133 e. The van der Waals surface area contributed by atoms with Gasteiger partial charge in [0.15, 0.2) is 0 Å². The summed E-state index contributed by atoms with van der Waals surface area (Å²) in [6.07, 6.45) is 4.36. The minimum absolute atomic E-state index is 0.371. The van der Waals surface area contributed by atoms with Gasteiger partial charge in [0.1, 0.15) is 11.6 Å². The van der Waals surface area contributed by atoms with Crippen molar-refractivity contribution in [2.24, 2.45) is 0 Å². The van der Waals surface area contributed by atoms with Gasteiger partial charge in [-0.25, -0.2) is 9.97 Å². The molecule has 2 rings (SSSR count). The molecule has 0 amide bonds. The Morgan fingerprint density at radius 3 is 3.00 bits per heavy atom. The van der Waals surface area contributed by atoms with Crippen molar-refractivity contribution in [1.82, 2.24) is 14.9 Å². The molecule has 5 nitrogen and oxygen atoms in total. The Morgan fingerprint density at radius 1 is 1.48 bits per heavy atom. The molecule has 0 radical (unpaired) electrons. The van der Waals surface area contributed by atoms with Crippen LogP contribution in [0.1, 0.15) is 38.4 Å². The van der Waals surface area contributed by atoms with E-state index in [0.717, 1.165) is 37.9 Å². The van der Waals surface area contributed by atoms with E-state index in [4.69, 9.17) is 9.72 Å². The third-order valence-corrected chi connectivity index (χ3v) is 4.05. The van der Waals surface area contributed by atoms with Crippen molar-refractivity contribution < 1.29 is 4.74 Å². The lowest BCUT2D eigenvalue weighted by atomic mass is 10.2. The Morgan fingerprint density at radius 2 is 2.29 bits per heavy atom. The highest BCUT2D eigenvalue weighted by Crippen LogP contribution is 2.25. The van der Waals surface area contributed by atoms with Crippen LogP contribution >= 0.6 is 0 Å². The van der Waals surface area contributed by atoms with Crippen molar-refractivity contribution in [3.8, 4) is 0 Å². The molecule has 1 aliphatic rings. The van der Waals surface area contributed by atoms with Gasteiger partial charge in [-0.2, -0.15) is 0 Å². The largest absolute Gasteiger partial charge is 0.383 e. The molecule has 0 saturated carbocycles. The average molecular weight is 292 g/mol. The highest BCUT2D eigenvalue weighted by atomic mass is 16.5. The predicted octanol–water partition coefficient (Wildman–Crippen LogP) is 2.15. The SMILES string of the molecule is COCCN(C)CC1CCCN1c1ccnc(C(C)C)n1. The fourth-order valence-corrected chi connectivity index (χ4v) is 2.83. The first kappa shape index (κ1) is 16.2. The lowest BCUT2D eigenvalue weighted by molar-refractivity contribution is 0.158. The third kappa shape index (κ3) is 4.38. The zero-order chi connectivity index (χ0) is 15.2. The van der Waals surface area contributed by atoms with E-state index in [-0.39, 0.29) is 0 Å². The first-order chi connectivity index (χ1) is 10.1. The topological polar surface area (TPSA) is 41.5 Å². The van der Waals surface area contributed by atoms with Crippen LogP contribution < -0.4 is 4.90 Å². The summed E-state index contributed by atoms with van der Waals surface area (Å²) in [4.78, 5) is 13.9. The van der Waals surface area contributed by atoms with E-state index in [0.29, 0.717) is 12.0 Å². The summed E-state index contributed by atoms with van der Waals surface area (Å²) in [6.45, 7) is 8.19. The van der Waals surface area contributed by atoms with Gasteiger partial charge in [0.25, 0.3) is 0 Å². The van der Waals surface area contributed by atoms with Crippen molar-refractivity contribution in [2.75, 3.05) is 45.3 Å². The predicted molar refractivity (Wildman–Crippen MR) is 85.9 cm³/mol. The molecule has 0 bridgehead atoms. The van der Waals surface area contributed by atoms with Crippen LogP contribution in [0.2, 0.25) is 0 Å². The summed E-state index contributed by atoms with van der Waals surface area (Å²) >= 11 is 0. The Bertz CT molecular complexity index is 438. The number of nitrogens with zero attached hydrogens (tertiary/aromatic N) is 4. The fourth-order valence-electron chi connectivity index (χ4n) is 2.83. The van der Waals surface area contributed by atoms with Gasteiger partial charge in [-0.15, -0.1) is 0 Å². The Balaban J connectivity index is 2.02. The minimum atomic E-state index is 0.371. The first-order valence-corrected chi connectivity index (χ1v) is 7.89. The quantitative estimate of drug-likeness (QED) is 0.770. The number of rotatable bonds is 7. The monoisotopic (exact) mass is 292 g/mol. The van der Waals surface area contributed by atoms with E-state index in [9.17, 15) is 0 Å². The summed E-state index contributed by atoms with van der Waals surface area (Å²) in [7, 11) is 3.92. The van der Waals surface area contributed by atoms with Gasteiger partial charge in [0.05, 0.1) is 6.61 Å². The molecular weight excluding hydrogens is 264 g/mol. The molecule has 1 unspecified atom stereocenters. The van der Waals surface area contributed by atoms with Gasteiger partial charge in [0.2, 0.25) is 0 Å². The van der Waals surface area contributed by atoms with Gasteiger partial charge in [-0.1, -0.05) is 13.8 Å². The molecule has 0 N–H and O–H groups in total. The second-order valence-corrected chi connectivity index (χ2v) is 6.17. The van der Waals surface area contributed by atoms with Crippen LogP contribution in [0.5, 0.6) is 0 Å². The minimum Gasteiger partial charge on any atom is -0.383 e. The lowest BCUT2D eigenvalue weighted by Crippen LogP contribution is -2.40. The molecule has 1 aromatic rings. The molecule has 1 saturated heterocycles. The van der Waals surface area contributed by atoms with Crippen LogP contribution in [0.25, 0.3) is 0 Å². The zero-order valence-corrected chi connectivity index (χ0v) is 13.7. The smallest absolute Gasteiger partial charge is 0.133 e. The molecule has 1 aromatic heterocycles. The van der Waals surface area contributed by atoms with Crippen LogP contribution in [0, 0.1) is 0 Å². The molecule has 0 spiro atoms. The molecule has 1 fully saturated rings. The van der Waals surface area contributed by atoms with E-state index in [1.807, 2.05) is 12.3 Å². The average Bonchev–Trinajstić information content (AvgIpc) is 2.93. The van der Waals surface area contributed by atoms with Crippen molar-refractivity contribution in [2.45, 2.75) is 38.6 Å². The van der Waals surface area contributed by atoms with E-state index < -0.39 is 0 Å². The summed E-state index contributed by atoms with van der Waals surface area (Å²) in [5.74, 6) is 2.39. The highest BCUT2D eigenvalue weighted by molar-refractivity contribution is 5.40. The Kier molecular flexibility index (Phi) is 5.94. The van der Waals surface area contributed by atoms with E-state index >= 15 is 0 Å². The molecule has 2 heterocycles. The summed E-state index contributed by atoms with van der Waals surface area (Å²) < 4.78 is 5.15. The lowest BCUT2D eigenvalue weighted by Gasteiger charge is -2.29. The molecular formula is C16H28N4O. The number of likely N-dealkylation sites (N-methyl/N-ethyl adjacent to an activating group) is 1. The van der Waals surface area contributed by atoms with Crippen LogP contribution in [0.4, 0.5) is 5.82 Å². The molecule has 0 aliphatic carbocycles. The normalized spacial score (nSPS) is 19.0. The number of ether oxygens (including phenoxy) is 1. The molecule has 5 heteroatoms. The van der Waals surface area contributed by atoms with Crippen molar-refractivity contribution in [3.63, 3.8) is 0 Å². The van der Waals surface area contributed by atoms with Crippen molar-refractivity contribution in [3.05, 3.63) is 18.1 Å². The van der Waals surface area contributed by atoms with Gasteiger partial charge >= 0.3 is 0 Å². The van der Waals surface area contributed by atoms with Gasteiger partial charge < -0.3 is 14.5 Å². The van der Waals surface area contributed by atoms with Crippen LogP contribution in [-0.4, -0.2) is 61.3 Å². The zero-order valence-electron chi connectivity index (χ0n) is 13.7. The molecule has 21 heavy (non-hydrogen) atoms. The van der Waals surface area contributed by atoms with Crippen LogP contribution in [0.15, 0.2) is 12.3 Å². The number of hydrogen-bond donors (Lipinski definition) is 0. The van der Waals surface area contributed by atoms with Crippen LogP contribution in [-0.2, 0) is 4.74 Å². The maximum atomic E-state index is 5.15. The van der Waals surface area contributed by atoms with E-state index in [1.54, 1.807) is 7.11 Å². The van der Waals surface area contributed by atoms with Gasteiger partial charge in [-0.3, -0.25) is 0 Å². The maximum absolute atomic E-state index is 5.15. The number of methoxy groups -OCH3 is 1. The molecule has 1 aliphatic heterocycles. The third-order valence-electron chi connectivity index (χ3n) is 4.05. The fraction of sp³-hybridized carbons (Fsp3) is 0.750. The summed E-state index contributed by atoms with van der Waals surface area (Å²) in [5.41, 5.74) is 0. The number of hydrogen-bond acceptors (Lipinski definition) is 5. The van der Waals surface area contributed by atoms with E-state index in [1.165, 1.54) is 12.8 Å². The second-order valence-electron chi connectivity index (χ2n) is 6.17. The van der Waals surface area contributed by atoms with Gasteiger partial charge in [-0.05, 0) is 26.0 Å². The summed E-state index contributed by atoms with van der Waals surface area (Å²) in [6, 6.07) is 2.58. The Labute approximate surface area is 128 Å². The van der Waals surface area contributed by atoms with Gasteiger partial charge in [0, 0.05) is 44.9 Å². The summed E-state index contributed by atoms with van der Waals surface area (Å²) in [5, 5.41) is 0. The molecule has 0 aromatic carbocycles. The highest BCUT2D eigenvalue weighted by Gasteiger charge is 2.27.